The van der Waals surface area contributed by atoms with Gasteiger partial charge < -0.3 is 5.32 Å². The van der Waals surface area contributed by atoms with Crippen molar-refractivity contribution >= 4 is 33.3 Å². The van der Waals surface area contributed by atoms with Gasteiger partial charge in [-0.25, -0.2) is 9.97 Å². The molecular weight excluding hydrogens is 324 g/mol. The van der Waals surface area contributed by atoms with E-state index in [-0.39, 0.29) is 18.0 Å². The van der Waals surface area contributed by atoms with E-state index in [4.69, 9.17) is 0 Å². The molecule has 0 atom stereocenters. The minimum absolute atomic E-state index is 0.0753. The van der Waals surface area contributed by atoms with E-state index in [9.17, 15) is 9.59 Å². The van der Waals surface area contributed by atoms with Crippen molar-refractivity contribution in [1.29, 1.82) is 0 Å². The number of para-hydroxylation sites is 1. The summed E-state index contributed by atoms with van der Waals surface area (Å²) in [4.78, 5) is 33.4. The van der Waals surface area contributed by atoms with E-state index in [1.54, 1.807) is 6.07 Å². The first-order chi connectivity index (χ1) is 11.6. The van der Waals surface area contributed by atoms with Crippen LogP contribution < -0.4 is 10.9 Å². The maximum atomic E-state index is 12.5. The lowest BCUT2D eigenvalue weighted by atomic mass is 10.1. The monoisotopic (exact) mass is 340 g/mol. The highest BCUT2D eigenvalue weighted by Gasteiger charge is 2.26. The van der Waals surface area contributed by atoms with Crippen LogP contribution in [-0.2, 0) is 11.3 Å². The van der Waals surface area contributed by atoms with Gasteiger partial charge in [-0.05, 0) is 31.4 Å². The van der Waals surface area contributed by atoms with E-state index in [0.29, 0.717) is 22.0 Å². The van der Waals surface area contributed by atoms with Gasteiger partial charge in [0.15, 0.2) is 5.13 Å². The molecule has 7 heteroatoms. The van der Waals surface area contributed by atoms with E-state index in [1.165, 1.54) is 35.1 Å². The molecule has 0 aliphatic heterocycles. The minimum atomic E-state index is -0.275. The third kappa shape index (κ3) is 2.82. The average Bonchev–Trinajstić information content (AvgIpc) is 3.31. The summed E-state index contributed by atoms with van der Waals surface area (Å²) in [5, 5.41) is 5.85. The molecule has 1 aliphatic carbocycles. The van der Waals surface area contributed by atoms with Crippen molar-refractivity contribution in [2.75, 3.05) is 5.32 Å². The largest absolute Gasteiger partial charge is 0.300 e. The summed E-state index contributed by atoms with van der Waals surface area (Å²) >= 11 is 1.42. The second kappa shape index (κ2) is 5.83. The Morgan fingerprint density at radius 2 is 2.25 bits per heavy atom. The Kier molecular flexibility index (Phi) is 3.65. The number of nitrogens with one attached hydrogen (secondary N) is 1. The number of fused-ring (bicyclic) bond motifs is 1. The van der Waals surface area contributed by atoms with E-state index in [0.717, 1.165) is 11.3 Å². The molecule has 1 amide bonds. The van der Waals surface area contributed by atoms with Crippen LogP contribution in [0.25, 0.3) is 10.9 Å². The zero-order valence-corrected chi connectivity index (χ0v) is 14.0. The van der Waals surface area contributed by atoms with Crippen LogP contribution in [0.2, 0.25) is 0 Å². The molecule has 2 heterocycles. The Hall–Kier alpha value is -2.54. The van der Waals surface area contributed by atoms with E-state index < -0.39 is 0 Å². The summed E-state index contributed by atoms with van der Waals surface area (Å²) < 4.78 is 1.33. The Morgan fingerprint density at radius 3 is 3.04 bits per heavy atom. The smallest absolute Gasteiger partial charge is 0.261 e. The Labute approximate surface area is 142 Å². The lowest BCUT2D eigenvalue weighted by Crippen LogP contribution is -2.28. The van der Waals surface area contributed by atoms with Crippen LogP contribution in [0, 0.1) is 6.92 Å². The predicted octanol–water partition coefficient (Wildman–Crippen LogP) is 2.68. The van der Waals surface area contributed by atoms with E-state index >= 15 is 0 Å². The van der Waals surface area contributed by atoms with Crippen molar-refractivity contribution in [2.45, 2.75) is 32.2 Å². The maximum Gasteiger partial charge on any atom is 0.261 e. The van der Waals surface area contributed by atoms with Crippen molar-refractivity contribution < 1.29 is 4.79 Å². The standard InChI is InChI=1S/C17H16N4O2S/c1-10-3-2-4-12-15(10)18-9-21(16(12)23)7-14(22)20-17-19-13(8-24-17)11-5-6-11/h2-4,8-9,11H,5-7H2,1H3,(H,19,20,22). The number of carbonyl (C=O) groups is 1. The first kappa shape index (κ1) is 15.0. The van der Waals surface area contributed by atoms with Gasteiger partial charge in [0, 0.05) is 11.3 Å². The highest BCUT2D eigenvalue weighted by atomic mass is 32.1. The summed E-state index contributed by atoms with van der Waals surface area (Å²) in [5.74, 6) is 0.282. The second-order valence-electron chi connectivity index (χ2n) is 6.05. The van der Waals surface area contributed by atoms with Crippen molar-refractivity contribution in [3.8, 4) is 0 Å². The fourth-order valence-electron chi connectivity index (χ4n) is 2.67. The molecule has 3 aromatic rings. The molecule has 0 saturated heterocycles. The third-order valence-corrected chi connectivity index (χ3v) is 4.91. The van der Waals surface area contributed by atoms with Gasteiger partial charge in [-0.1, -0.05) is 12.1 Å². The number of nitrogens with zero attached hydrogens (tertiary/aromatic N) is 3. The summed E-state index contributed by atoms with van der Waals surface area (Å²) in [6.07, 6.45) is 3.78. The molecule has 0 spiro atoms. The van der Waals surface area contributed by atoms with Crippen molar-refractivity contribution in [3.63, 3.8) is 0 Å². The van der Waals surface area contributed by atoms with Gasteiger partial charge in [0.25, 0.3) is 5.56 Å². The zero-order valence-electron chi connectivity index (χ0n) is 13.2. The molecule has 1 saturated carbocycles. The quantitative estimate of drug-likeness (QED) is 0.792. The fourth-order valence-corrected chi connectivity index (χ4v) is 3.48. The lowest BCUT2D eigenvalue weighted by Gasteiger charge is -2.07. The van der Waals surface area contributed by atoms with Gasteiger partial charge in [-0.3, -0.25) is 14.2 Å². The molecule has 0 unspecified atom stereocenters. The number of hydrogen-bond donors (Lipinski definition) is 1. The number of thiazole rings is 1. The Balaban J connectivity index is 1.53. The highest BCUT2D eigenvalue weighted by Crippen LogP contribution is 2.40. The molecule has 1 fully saturated rings. The Morgan fingerprint density at radius 1 is 1.42 bits per heavy atom. The summed E-state index contributed by atoms with van der Waals surface area (Å²) in [6, 6.07) is 5.46. The summed E-state index contributed by atoms with van der Waals surface area (Å²) in [6.45, 7) is 1.83. The van der Waals surface area contributed by atoms with E-state index in [1.807, 2.05) is 24.4 Å². The SMILES string of the molecule is Cc1cccc2c(=O)n(CC(=O)Nc3nc(C4CC4)cs3)cnc12. The second-order valence-corrected chi connectivity index (χ2v) is 6.91. The number of anilines is 1. The first-order valence-corrected chi connectivity index (χ1v) is 8.70. The minimum Gasteiger partial charge on any atom is -0.300 e. The normalized spacial score (nSPS) is 14.0. The topological polar surface area (TPSA) is 76.9 Å². The van der Waals surface area contributed by atoms with Gasteiger partial charge >= 0.3 is 0 Å². The summed E-state index contributed by atoms with van der Waals surface area (Å²) in [7, 11) is 0. The number of rotatable bonds is 4. The molecule has 24 heavy (non-hydrogen) atoms. The van der Waals surface area contributed by atoms with Crippen LogP contribution >= 0.6 is 11.3 Å². The van der Waals surface area contributed by atoms with Crippen molar-refractivity contribution in [3.05, 3.63) is 51.5 Å². The van der Waals surface area contributed by atoms with Crippen LogP contribution in [0.15, 0.2) is 34.7 Å². The van der Waals surface area contributed by atoms with Crippen molar-refractivity contribution in [2.24, 2.45) is 0 Å². The molecule has 2 aromatic heterocycles. The number of amides is 1. The van der Waals surface area contributed by atoms with Gasteiger partial charge in [-0.2, -0.15) is 0 Å². The summed E-state index contributed by atoms with van der Waals surface area (Å²) in [5.41, 5.74) is 2.46. The third-order valence-electron chi connectivity index (χ3n) is 4.13. The lowest BCUT2D eigenvalue weighted by molar-refractivity contribution is -0.116. The number of aryl methyl sites for hydroxylation is 1. The van der Waals surface area contributed by atoms with Crippen LogP contribution in [0.1, 0.15) is 30.0 Å². The highest BCUT2D eigenvalue weighted by molar-refractivity contribution is 7.13. The molecule has 1 aliphatic rings. The predicted molar refractivity (Wildman–Crippen MR) is 93.5 cm³/mol. The number of hydrogen-bond acceptors (Lipinski definition) is 5. The van der Waals surface area contributed by atoms with Gasteiger partial charge in [0.05, 0.1) is 22.9 Å². The number of benzene rings is 1. The molecule has 0 radical (unpaired) electrons. The molecular formula is C17H16N4O2S. The molecule has 1 aromatic carbocycles. The van der Waals surface area contributed by atoms with Crippen LogP contribution in [-0.4, -0.2) is 20.4 Å². The number of carbonyl (C=O) groups excluding carboxylic acids is 1. The molecule has 0 bridgehead atoms. The maximum absolute atomic E-state index is 12.5. The zero-order chi connectivity index (χ0) is 16.7. The van der Waals surface area contributed by atoms with Crippen LogP contribution in [0.5, 0.6) is 0 Å². The molecule has 1 N–H and O–H groups in total. The molecule has 4 rings (SSSR count). The molecule has 122 valence electrons. The average molecular weight is 340 g/mol. The van der Waals surface area contributed by atoms with Crippen molar-refractivity contribution in [1.82, 2.24) is 14.5 Å². The van der Waals surface area contributed by atoms with Gasteiger partial charge in [0.2, 0.25) is 5.91 Å². The van der Waals surface area contributed by atoms with Gasteiger partial charge in [-0.15, -0.1) is 11.3 Å². The van der Waals surface area contributed by atoms with Crippen LogP contribution in [0.3, 0.4) is 0 Å². The first-order valence-electron chi connectivity index (χ1n) is 7.82. The Bertz CT molecular complexity index is 988. The van der Waals surface area contributed by atoms with E-state index in [2.05, 4.69) is 15.3 Å². The van der Waals surface area contributed by atoms with Crippen LogP contribution in [0.4, 0.5) is 5.13 Å². The van der Waals surface area contributed by atoms with Gasteiger partial charge in [0.1, 0.15) is 6.54 Å². The number of aromatic nitrogens is 3. The fraction of sp³-hybridized carbons (Fsp3) is 0.294. The molecule has 6 nitrogen and oxygen atoms in total.